The molecule has 0 aliphatic heterocycles. The van der Waals surface area contributed by atoms with Crippen LogP contribution in [0.1, 0.15) is 0 Å². The van der Waals surface area contributed by atoms with Crippen LogP contribution in [0.2, 0.25) is 5.02 Å². The van der Waals surface area contributed by atoms with Gasteiger partial charge in [0.2, 0.25) is 5.89 Å². The second-order valence-corrected chi connectivity index (χ2v) is 4.53. The highest BCUT2D eigenvalue weighted by Crippen LogP contribution is 2.26. The zero-order valence-corrected chi connectivity index (χ0v) is 10.6. The summed E-state index contributed by atoms with van der Waals surface area (Å²) >= 11 is 5.85. The number of aromatic nitrogens is 1. The largest absolute Gasteiger partial charge is 0.508 e. The van der Waals surface area contributed by atoms with Crippen LogP contribution in [0.4, 0.5) is 0 Å². The molecule has 0 spiro atoms. The minimum atomic E-state index is 0.216. The molecule has 0 aliphatic rings. The first-order chi connectivity index (χ1) is 9.22. The molecule has 0 saturated carbocycles. The van der Waals surface area contributed by atoms with Gasteiger partial charge >= 0.3 is 0 Å². The van der Waals surface area contributed by atoms with E-state index in [1.165, 1.54) is 0 Å². The van der Waals surface area contributed by atoms with Crippen LogP contribution in [-0.2, 0) is 0 Å². The lowest BCUT2D eigenvalue weighted by atomic mass is 10.2. The highest BCUT2D eigenvalue weighted by Gasteiger charge is 2.08. The molecule has 0 radical (unpaired) electrons. The molecule has 2 aromatic carbocycles. The summed E-state index contributed by atoms with van der Waals surface area (Å²) in [6.07, 6.45) is 1.60. The fourth-order valence-corrected chi connectivity index (χ4v) is 1.89. The van der Waals surface area contributed by atoms with Gasteiger partial charge in [-0.15, -0.1) is 0 Å². The van der Waals surface area contributed by atoms with E-state index in [0.717, 1.165) is 16.8 Å². The smallest absolute Gasteiger partial charge is 0.226 e. The molecular formula is C15H10ClNO2. The summed E-state index contributed by atoms with van der Waals surface area (Å²) < 4.78 is 5.45. The van der Waals surface area contributed by atoms with Crippen LogP contribution in [-0.4, -0.2) is 10.1 Å². The zero-order valence-electron chi connectivity index (χ0n) is 9.88. The van der Waals surface area contributed by atoms with Crippen molar-refractivity contribution in [2.45, 2.75) is 0 Å². The number of hydrogen-bond donors (Lipinski definition) is 1. The van der Waals surface area contributed by atoms with Gasteiger partial charge in [-0.05, 0) is 36.4 Å². The van der Waals surface area contributed by atoms with Crippen molar-refractivity contribution in [1.82, 2.24) is 4.98 Å². The number of phenolic OH excluding ortho intramolecular Hbond substituents is 1. The lowest BCUT2D eigenvalue weighted by molar-refractivity contribution is 0.475. The quantitative estimate of drug-likeness (QED) is 0.753. The Morgan fingerprint density at radius 2 is 1.53 bits per heavy atom. The number of nitrogens with zero attached hydrogens (tertiary/aromatic N) is 1. The molecule has 0 saturated heterocycles. The summed E-state index contributed by atoms with van der Waals surface area (Å²) in [6.45, 7) is 0. The Labute approximate surface area is 115 Å². The normalized spacial score (nSPS) is 10.6. The third kappa shape index (κ3) is 2.46. The van der Waals surface area contributed by atoms with Gasteiger partial charge in [0.15, 0.2) is 0 Å². The molecule has 0 fully saturated rings. The van der Waals surface area contributed by atoms with E-state index in [0.29, 0.717) is 10.9 Å². The van der Waals surface area contributed by atoms with Gasteiger partial charge in [0.25, 0.3) is 0 Å². The highest BCUT2D eigenvalue weighted by molar-refractivity contribution is 6.30. The molecule has 0 unspecified atom stereocenters. The van der Waals surface area contributed by atoms with Crippen LogP contribution >= 0.6 is 11.6 Å². The lowest BCUT2D eigenvalue weighted by Gasteiger charge is -1.96. The SMILES string of the molecule is Oc1ccc(-c2nc(-c3ccc(Cl)cc3)co2)cc1. The first-order valence-corrected chi connectivity index (χ1v) is 6.11. The van der Waals surface area contributed by atoms with Crippen molar-refractivity contribution in [3.63, 3.8) is 0 Å². The van der Waals surface area contributed by atoms with Crippen molar-refractivity contribution >= 4 is 11.6 Å². The first kappa shape index (κ1) is 11.8. The number of oxazole rings is 1. The topological polar surface area (TPSA) is 46.3 Å². The van der Waals surface area contributed by atoms with E-state index >= 15 is 0 Å². The number of benzene rings is 2. The van der Waals surface area contributed by atoms with Gasteiger partial charge < -0.3 is 9.52 Å². The van der Waals surface area contributed by atoms with E-state index in [1.54, 1.807) is 30.5 Å². The lowest BCUT2D eigenvalue weighted by Crippen LogP contribution is -1.79. The maximum absolute atomic E-state index is 9.25. The Hall–Kier alpha value is -2.26. The molecule has 3 aromatic rings. The molecule has 0 bridgehead atoms. The summed E-state index contributed by atoms with van der Waals surface area (Å²) in [4.78, 5) is 4.42. The molecule has 3 rings (SSSR count). The summed E-state index contributed by atoms with van der Waals surface area (Å²) in [7, 11) is 0. The fraction of sp³-hybridized carbons (Fsp3) is 0. The Kier molecular flexibility index (Phi) is 2.97. The maximum Gasteiger partial charge on any atom is 0.226 e. The Bertz CT molecular complexity index is 627. The van der Waals surface area contributed by atoms with Crippen molar-refractivity contribution in [1.29, 1.82) is 0 Å². The van der Waals surface area contributed by atoms with Crippen LogP contribution < -0.4 is 0 Å². The highest BCUT2D eigenvalue weighted by atomic mass is 35.5. The van der Waals surface area contributed by atoms with Crippen molar-refractivity contribution in [3.05, 3.63) is 59.8 Å². The van der Waals surface area contributed by atoms with E-state index in [-0.39, 0.29) is 5.75 Å². The van der Waals surface area contributed by atoms with Gasteiger partial charge in [0, 0.05) is 16.1 Å². The van der Waals surface area contributed by atoms with Crippen LogP contribution in [0.25, 0.3) is 22.7 Å². The summed E-state index contributed by atoms with van der Waals surface area (Å²) in [5, 5.41) is 9.94. The average Bonchev–Trinajstić information content (AvgIpc) is 2.90. The maximum atomic E-state index is 9.25. The summed E-state index contributed by atoms with van der Waals surface area (Å²) in [5.41, 5.74) is 2.51. The van der Waals surface area contributed by atoms with Crippen LogP contribution in [0.5, 0.6) is 5.75 Å². The number of hydrogen-bond acceptors (Lipinski definition) is 3. The van der Waals surface area contributed by atoms with Gasteiger partial charge in [0.05, 0.1) is 0 Å². The molecule has 1 heterocycles. The third-order valence-electron chi connectivity index (χ3n) is 2.76. The molecule has 19 heavy (non-hydrogen) atoms. The second kappa shape index (κ2) is 4.78. The van der Waals surface area contributed by atoms with Crippen LogP contribution in [0.3, 0.4) is 0 Å². The van der Waals surface area contributed by atoms with E-state index < -0.39 is 0 Å². The Morgan fingerprint density at radius 3 is 2.21 bits per heavy atom. The van der Waals surface area contributed by atoms with Crippen molar-refractivity contribution in [2.24, 2.45) is 0 Å². The molecule has 1 N–H and O–H groups in total. The van der Waals surface area contributed by atoms with Gasteiger partial charge in [-0.2, -0.15) is 0 Å². The molecule has 0 atom stereocenters. The predicted octanol–water partition coefficient (Wildman–Crippen LogP) is 4.37. The molecular weight excluding hydrogens is 262 g/mol. The van der Waals surface area contributed by atoms with Crippen molar-refractivity contribution in [2.75, 3.05) is 0 Å². The van der Waals surface area contributed by atoms with Crippen molar-refractivity contribution in [3.8, 4) is 28.5 Å². The zero-order chi connectivity index (χ0) is 13.2. The van der Waals surface area contributed by atoms with E-state index in [9.17, 15) is 5.11 Å². The number of aromatic hydroxyl groups is 1. The standard InChI is InChI=1S/C15H10ClNO2/c16-12-5-1-10(2-6-12)14-9-19-15(17-14)11-3-7-13(18)8-4-11/h1-9,18H. The van der Waals surface area contributed by atoms with Gasteiger partial charge in [-0.3, -0.25) is 0 Å². The third-order valence-corrected chi connectivity index (χ3v) is 3.01. The average molecular weight is 272 g/mol. The van der Waals surface area contributed by atoms with E-state index in [2.05, 4.69) is 4.98 Å². The van der Waals surface area contributed by atoms with Gasteiger partial charge in [-0.1, -0.05) is 23.7 Å². The second-order valence-electron chi connectivity index (χ2n) is 4.09. The molecule has 3 nitrogen and oxygen atoms in total. The molecule has 0 aliphatic carbocycles. The van der Waals surface area contributed by atoms with Crippen molar-refractivity contribution < 1.29 is 9.52 Å². The number of rotatable bonds is 2. The molecule has 4 heteroatoms. The molecule has 0 amide bonds. The number of halogens is 1. The van der Waals surface area contributed by atoms with Gasteiger partial charge in [-0.25, -0.2) is 4.98 Å². The predicted molar refractivity (Wildman–Crippen MR) is 74.0 cm³/mol. The first-order valence-electron chi connectivity index (χ1n) is 5.73. The number of phenols is 1. The fourth-order valence-electron chi connectivity index (χ4n) is 1.76. The summed E-state index contributed by atoms with van der Waals surface area (Å²) in [6, 6.07) is 14.1. The summed E-state index contributed by atoms with van der Waals surface area (Å²) in [5.74, 6) is 0.734. The minimum Gasteiger partial charge on any atom is -0.508 e. The Morgan fingerprint density at radius 1 is 0.895 bits per heavy atom. The molecule has 94 valence electrons. The molecule has 1 aromatic heterocycles. The van der Waals surface area contributed by atoms with E-state index in [1.807, 2.05) is 24.3 Å². The van der Waals surface area contributed by atoms with Gasteiger partial charge in [0.1, 0.15) is 17.7 Å². The monoisotopic (exact) mass is 271 g/mol. The van der Waals surface area contributed by atoms with E-state index in [4.69, 9.17) is 16.0 Å². The Balaban J connectivity index is 1.95. The minimum absolute atomic E-state index is 0.216. The van der Waals surface area contributed by atoms with Crippen LogP contribution in [0.15, 0.2) is 59.2 Å². The van der Waals surface area contributed by atoms with Crippen LogP contribution in [0, 0.1) is 0 Å².